The van der Waals surface area contributed by atoms with Crippen LogP contribution in [0, 0.1) is 5.92 Å². The topological polar surface area (TPSA) is 66.0 Å². The molecule has 1 aliphatic rings. The molecule has 1 atom stereocenters. The van der Waals surface area contributed by atoms with Gasteiger partial charge in [0.2, 0.25) is 0 Å². The first-order valence-electron chi connectivity index (χ1n) is 9.35. The first-order valence-corrected chi connectivity index (χ1v) is 9.35. The van der Waals surface area contributed by atoms with E-state index in [-0.39, 0.29) is 6.09 Å². The number of ether oxygens (including phenoxy) is 1. The summed E-state index contributed by atoms with van der Waals surface area (Å²) < 4.78 is 5.48. The molecule has 0 bridgehead atoms. The summed E-state index contributed by atoms with van der Waals surface area (Å²) in [6.07, 6.45) is 4.22. The number of piperidine rings is 1. The molecule has 1 saturated heterocycles. The van der Waals surface area contributed by atoms with Gasteiger partial charge in [0.15, 0.2) is 5.96 Å². The Bertz CT molecular complexity index is 404. The molecule has 6 heteroatoms. The Morgan fingerprint density at radius 1 is 1.29 bits per heavy atom. The third kappa shape index (κ3) is 8.41. The number of carbonyl (C=O) groups is 1. The van der Waals surface area contributed by atoms with Crippen molar-refractivity contribution in [2.75, 3.05) is 32.7 Å². The van der Waals surface area contributed by atoms with E-state index in [2.05, 4.69) is 24.5 Å². The first-order chi connectivity index (χ1) is 11.4. The van der Waals surface area contributed by atoms with E-state index in [0.29, 0.717) is 5.92 Å². The molecule has 0 aliphatic carbocycles. The highest BCUT2D eigenvalue weighted by molar-refractivity contribution is 5.79. The molecule has 1 rings (SSSR count). The summed E-state index contributed by atoms with van der Waals surface area (Å²) in [6, 6.07) is 0. The van der Waals surface area contributed by atoms with Crippen LogP contribution in [0.1, 0.15) is 60.3 Å². The van der Waals surface area contributed by atoms with Crippen LogP contribution in [-0.2, 0) is 4.74 Å². The molecule has 0 saturated carbocycles. The zero-order valence-corrected chi connectivity index (χ0v) is 16.2. The Morgan fingerprint density at radius 3 is 2.67 bits per heavy atom. The molecule has 140 valence electrons. The average molecular weight is 341 g/mol. The van der Waals surface area contributed by atoms with E-state index in [1.165, 1.54) is 6.42 Å². The maximum Gasteiger partial charge on any atom is 0.410 e. The number of likely N-dealkylation sites (tertiary alicyclic amines) is 1. The number of hydrogen-bond acceptors (Lipinski definition) is 3. The molecule has 0 aromatic heterocycles. The number of nitrogens with zero attached hydrogens (tertiary/aromatic N) is 2. The molecular formula is C18H36N4O2. The lowest BCUT2D eigenvalue weighted by atomic mass is 9.98. The SMILES string of the molecule is CCCCNC(=NCC1CCCN(C(=O)OC(C)(C)C)C1)NCC. The number of hydrogen-bond donors (Lipinski definition) is 2. The van der Waals surface area contributed by atoms with Gasteiger partial charge in [-0.3, -0.25) is 4.99 Å². The molecule has 0 aromatic carbocycles. The fourth-order valence-electron chi connectivity index (χ4n) is 2.65. The first kappa shape index (κ1) is 20.6. The quantitative estimate of drug-likeness (QED) is 0.443. The molecule has 0 spiro atoms. The van der Waals surface area contributed by atoms with Crippen LogP contribution >= 0.6 is 0 Å². The summed E-state index contributed by atoms with van der Waals surface area (Å²) in [5.41, 5.74) is -0.441. The monoisotopic (exact) mass is 340 g/mol. The van der Waals surface area contributed by atoms with Crippen molar-refractivity contribution >= 4 is 12.1 Å². The molecule has 24 heavy (non-hydrogen) atoms. The van der Waals surface area contributed by atoms with Crippen LogP contribution in [0.4, 0.5) is 4.79 Å². The fraction of sp³-hybridized carbons (Fsp3) is 0.889. The van der Waals surface area contributed by atoms with Gasteiger partial charge < -0.3 is 20.3 Å². The molecule has 1 amide bonds. The van der Waals surface area contributed by atoms with E-state index in [0.717, 1.165) is 57.9 Å². The second-order valence-electron chi connectivity index (χ2n) is 7.43. The lowest BCUT2D eigenvalue weighted by Gasteiger charge is -2.33. The Balaban J connectivity index is 2.50. The summed E-state index contributed by atoms with van der Waals surface area (Å²) in [5.74, 6) is 1.27. The van der Waals surface area contributed by atoms with Crippen LogP contribution in [0.3, 0.4) is 0 Å². The number of carbonyl (C=O) groups excluding carboxylic acids is 1. The van der Waals surface area contributed by atoms with E-state index < -0.39 is 5.60 Å². The van der Waals surface area contributed by atoms with Gasteiger partial charge in [0.25, 0.3) is 0 Å². The fourth-order valence-corrected chi connectivity index (χ4v) is 2.65. The van der Waals surface area contributed by atoms with Crippen LogP contribution in [-0.4, -0.2) is 55.3 Å². The zero-order valence-electron chi connectivity index (χ0n) is 16.2. The van der Waals surface area contributed by atoms with E-state index >= 15 is 0 Å². The Kier molecular flexibility index (Phi) is 8.93. The third-order valence-corrected chi connectivity index (χ3v) is 3.85. The van der Waals surface area contributed by atoms with Crippen LogP contribution < -0.4 is 10.6 Å². The van der Waals surface area contributed by atoms with Crippen LogP contribution in [0.2, 0.25) is 0 Å². The number of unbranched alkanes of at least 4 members (excludes halogenated alkanes) is 1. The van der Waals surface area contributed by atoms with Gasteiger partial charge in [-0.15, -0.1) is 0 Å². The summed E-state index contributed by atoms with van der Waals surface area (Å²) >= 11 is 0. The van der Waals surface area contributed by atoms with Gasteiger partial charge in [-0.05, 0) is 52.9 Å². The minimum absolute atomic E-state index is 0.204. The van der Waals surface area contributed by atoms with Crippen molar-refractivity contribution in [3.05, 3.63) is 0 Å². The van der Waals surface area contributed by atoms with Gasteiger partial charge in [0.05, 0.1) is 0 Å². The molecule has 2 N–H and O–H groups in total. The van der Waals surface area contributed by atoms with Gasteiger partial charge in [0, 0.05) is 32.7 Å². The summed E-state index contributed by atoms with van der Waals surface area (Å²) in [7, 11) is 0. The van der Waals surface area contributed by atoms with Gasteiger partial charge in [-0.2, -0.15) is 0 Å². The molecule has 1 heterocycles. The maximum atomic E-state index is 12.2. The standard InChI is InChI=1S/C18H36N4O2/c1-6-8-11-20-16(19-7-2)21-13-15-10-9-12-22(14-15)17(23)24-18(3,4)5/h15H,6-14H2,1-5H3,(H2,19,20,21). The number of guanidine groups is 1. The lowest BCUT2D eigenvalue weighted by Crippen LogP contribution is -2.44. The van der Waals surface area contributed by atoms with Crippen molar-refractivity contribution in [2.45, 2.75) is 65.9 Å². The molecule has 0 radical (unpaired) electrons. The van der Waals surface area contributed by atoms with Crippen molar-refractivity contribution in [3.63, 3.8) is 0 Å². The zero-order chi connectivity index (χ0) is 18.0. The largest absolute Gasteiger partial charge is 0.444 e. The number of nitrogens with one attached hydrogen (secondary N) is 2. The van der Waals surface area contributed by atoms with Crippen molar-refractivity contribution in [1.29, 1.82) is 0 Å². The van der Waals surface area contributed by atoms with Crippen molar-refractivity contribution in [3.8, 4) is 0 Å². The smallest absolute Gasteiger partial charge is 0.410 e. The number of rotatable bonds is 6. The van der Waals surface area contributed by atoms with Gasteiger partial charge >= 0.3 is 6.09 Å². The van der Waals surface area contributed by atoms with Crippen LogP contribution in [0.15, 0.2) is 4.99 Å². The average Bonchev–Trinajstić information content (AvgIpc) is 2.51. The molecular weight excluding hydrogens is 304 g/mol. The van der Waals surface area contributed by atoms with E-state index in [4.69, 9.17) is 9.73 Å². The third-order valence-electron chi connectivity index (χ3n) is 3.85. The lowest BCUT2D eigenvalue weighted by molar-refractivity contribution is 0.0170. The summed E-state index contributed by atoms with van der Waals surface area (Å²) in [6.45, 7) is 14.0. The number of amides is 1. The normalized spacial score (nSPS) is 19.1. The highest BCUT2D eigenvalue weighted by atomic mass is 16.6. The van der Waals surface area contributed by atoms with Gasteiger partial charge in [0.1, 0.15) is 5.60 Å². The molecule has 0 aromatic rings. The minimum Gasteiger partial charge on any atom is -0.444 e. The Labute approximate surface area is 147 Å². The van der Waals surface area contributed by atoms with Gasteiger partial charge in [-0.1, -0.05) is 13.3 Å². The van der Waals surface area contributed by atoms with E-state index in [1.54, 1.807) is 0 Å². The summed E-state index contributed by atoms with van der Waals surface area (Å²) in [5, 5.41) is 6.64. The second kappa shape index (κ2) is 10.4. The highest BCUT2D eigenvalue weighted by Gasteiger charge is 2.27. The highest BCUT2D eigenvalue weighted by Crippen LogP contribution is 2.19. The summed E-state index contributed by atoms with van der Waals surface area (Å²) in [4.78, 5) is 18.7. The van der Waals surface area contributed by atoms with Crippen molar-refractivity contribution in [2.24, 2.45) is 10.9 Å². The predicted molar refractivity (Wildman–Crippen MR) is 99.4 cm³/mol. The molecule has 1 aliphatic heterocycles. The predicted octanol–water partition coefficient (Wildman–Crippen LogP) is 2.99. The van der Waals surface area contributed by atoms with Crippen molar-refractivity contribution in [1.82, 2.24) is 15.5 Å². The van der Waals surface area contributed by atoms with E-state index in [1.807, 2.05) is 25.7 Å². The second-order valence-corrected chi connectivity index (χ2v) is 7.43. The Morgan fingerprint density at radius 2 is 2.04 bits per heavy atom. The minimum atomic E-state index is -0.441. The Hall–Kier alpha value is -1.46. The number of aliphatic imine (C=N–C) groups is 1. The molecule has 1 fully saturated rings. The van der Waals surface area contributed by atoms with E-state index in [9.17, 15) is 4.79 Å². The van der Waals surface area contributed by atoms with Crippen LogP contribution in [0.25, 0.3) is 0 Å². The van der Waals surface area contributed by atoms with Crippen molar-refractivity contribution < 1.29 is 9.53 Å². The van der Waals surface area contributed by atoms with Gasteiger partial charge in [-0.25, -0.2) is 4.79 Å². The molecule has 1 unspecified atom stereocenters. The van der Waals surface area contributed by atoms with Crippen LogP contribution in [0.5, 0.6) is 0 Å². The molecule has 6 nitrogen and oxygen atoms in total. The maximum absolute atomic E-state index is 12.2.